The number of carbonyl (C=O) groups is 1. The summed E-state index contributed by atoms with van der Waals surface area (Å²) in [5, 5.41) is 8.81. The summed E-state index contributed by atoms with van der Waals surface area (Å²) in [5.74, 6) is 0. The lowest BCUT2D eigenvalue weighted by molar-refractivity contribution is 0.112. The van der Waals surface area contributed by atoms with Gasteiger partial charge in [0.1, 0.15) is 11.8 Å². The van der Waals surface area contributed by atoms with E-state index in [1.807, 2.05) is 12.1 Å². The number of pyridine rings is 1. The van der Waals surface area contributed by atoms with Crippen LogP contribution in [0, 0.1) is 0 Å². The van der Waals surface area contributed by atoms with Crippen LogP contribution < -0.4 is 0 Å². The quantitative estimate of drug-likeness (QED) is 0.606. The Morgan fingerprint density at radius 1 is 1.27 bits per heavy atom. The van der Waals surface area contributed by atoms with Gasteiger partial charge in [-0.25, -0.2) is 0 Å². The van der Waals surface area contributed by atoms with E-state index in [1.54, 1.807) is 18.5 Å². The second-order valence-electron chi connectivity index (χ2n) is 3.35. The van der Waals surface area contributed by atoms with E-state index in [1.165, 1.54) is 0 Å². The van der Waals surface area contributed by atoms with Gasteiger partial charge in [-0.15, -0.1) is 0 Å². The third-order valence-electron chi connectivity index (χ3n) is 2.44. The van der Waals surface area contributed by atoms with E-state index < -0.39 is 0 Å². The molecule has 0 spiro atoms. The van der Waals surface area contributed by atoms with E-state index in [4.69, 9.17) is 0 Å². The molecule has 0 radical (unpaired) electrons. The van der Waals surface area contributed by atoms with Crippen LogP contribution in [0.1, 0.15) is 10.4 Å². The van der Waals surface area contributed by atoms with Gasteiger partial charge in [-0.1, -0.05) is 12.1 Å². The molecule has 4 nitrogen and oxygen atoms in total. The Morgan fingerprint density at radius 3 is 3.07 bits per heavy atom. The number of carbonyl (C=O) groups excluding carboxylic acids is 1. The van der Waals surface area contributed by atoms with E-state index in [9.17, 15) is 4.79 Å². The Kier molecular flexibility index (Phi) is 1.56. The maximum absolute atomic E-state index is 10.6. The summed E-state index contributed by atoms with van der Waals surface area (Å²) in [6, 6.07) is 5.51. The molecule has 0 saturated carbocycles. The van der Waals surface area contributed by atoms with Crippen LogP contribution in [0.25, 0.3) is 21.8 Å². The van der Waals surface area contributed by atoms with Crippen LogP contribution in [0.2, 0.25) is 0 Å². The first-order valence-electron chi connectivity index (χ1n) is 4.55. The number of nitrogens with one attached hydrogen (secondary N) is 1. The summed E-state index contributed by atoms with van der Waals surface area (Å²) in [6.07, 6.45) is 4.26. The SMILES string of the molecule is O=Cc1ccc2c(cnc3cn[nH]c32)c1. The number of hydrogen-bond acceptors (Lipinski definition) is 3. The minimum absolute atomic E-state index is 0.656. The van der Waals surface area contributed by atoms with Crippen LogP contribution in [0.4, 0.5) is 0 Å². The van der Waals surface area contributed by atoms with Gasteiger partial charge in [0, 0.05) is 22.5 Å². The van der Waals surface area contributed by atoms with Gasteiger partial charge in [0.25, 0.3) is 0 Å². The van der Waals surface area contributed by atoms with Crippen molar-refractivity contribution in [2.24, 2.45) is 0 Å². The van der Waals surface area contributed by atoms with E-state index in [0.29, 0.717) is 5.56 Å². The molecule has 0 amide bonds. The molecule has 0 aliphatic rings. The van der Waals surface area contributed by atoms with E-state index in [2.05, 4.69) is 15.2 Å². The number of benzene rings is 1. The molecule has 4 heteroatoms. The van der Waals surface area contributed by atoms with Crippen molar-refractivity contribution in [3.05, 3.63) is 36.2 Å². The van der Waals surface area contributed by atoms with Gasteiger partial charge < -0.3 is 0 Å². The summed E-state index contributed by atoms with van der Waals surface area (Å²) in [7, 11) is 0. The van der Waals surface area contributed by atoms with Gasteiger partial charge in [-0.3, -0.25) is 14.9 Å². The average Bonchev–Trinajstić information content (AvgIpc) is 2.76. The number of hydrogen-bond donors (Lipinski definition) is 1. The second kappa shape index (κ2) is 2.88. The lowest BCUT2D eigenvalue weighted by Gasteiger charge is -1.98. The fourth-order valence-electron chi connectivity index (χ4n) is 1.70. The van der Waals surface area contributed by atoms with Crippen molar-refractivity contribution in [3.63, 3.8) is 0 Å². The van der Waals surface area contributed by atoms with Crippen LogP contribution in [0.3, 0.4) is 0 Å². The number of aromatic nitrogens is 3. The van der Waals surface area contributed by atoms with Crippen LogP contribution >= 0.6 is 0 Å². The first-order chi connectivity index (χ1) is 7.38. The second-order valence-corrected chi connectivity index (χ2v) is 3.35. The molecule has 72 valence electrons. The molecule has 2 aromatic heterocycles. The van der Waals surface area contributed by atoms with Gasteiger partial charge in [-0.05, 0) is 6.07 Å². The maximum atomic E-state index is 10.6. The summed E-state index contributed by atoms with van der Waals surface area (Å²) in [4.78, 5) is 14.9. The van der Waals surface area contributed by atoms with Gasteiger partial charge in [0.2, 0.25) is 0 Å². The Morgan fingerprint density at radius 2 is 2.20 bits per heavy atom. The summed E-state index contributed by atoms with van der Waals surface area (Å²) in [6.45, 7) is 0. The molecule has 1 aromatic carbocycles. The molecule has 0 bridgehead atoms. The largest absolute Gasteiger partial charge is 0.298 e. The number of aromatic amines is 1. The first-order valence-corrected chi connectivity index (χ1v) is 4.55. The highest BCUT2D eigenvalue weighted by Crippen LogP contribution is 2.21. The van der Waals surface area contributed by atoms with Crippen molar-refractivity contribution in [2.75, 3.05) is 0 Å². The molecule has 0 aliphatic carbocycles. The number of aldehydes is 1. The monoisotopic (exact) mass is 197 g/mol. The first kappa shape index (κ1) is 8.11. The predicted molar refractivity (Wildman–Crippen MR) is 56.8 cm³/mol. The minimum Gasteiger partial charge on any atom is -0.298 e. The summed E-state index contributed by atoms with van der Waals surface area (Å²) >= 11 is 0. The molecular formula is C11H7N3O. The number of nitrogens with zero attached hydrogens (tertiary/aromatic N) is 2. The van der Waals surface area contributed by atoms with Crippen LogP contribution in [0.15, 0.2) is 30.6 Å². The Balaban J connectivity index is 2.48. The highest BCUT2D eigenvalue weighted by Gasteiger charge is 2.03. The summed E-state index contributed by atoms with van der Waals surface area (Å²) < 4.78 is 0. The zero-order valence-corrected chi connectivity index (χ0v) is 7.77. The van der Waals surface area contributed by atoms with Crippen molar-refractivity contribution >= 4 is 28.1 Å². The molecule has 2 heterocycles. The van der Waals surface area contributed by atoms with Crippen molar-refractivity contribution in [1.82, 2.24) is 15.2 Å². The molecule has 0 atom stereocenters. The third-order valence-corrected chi connectivity index (χ3v) is 2.44. The molecule has 3 aromatic rings. The minimum atomic E-state index is 0.656. The molecule has 0 aliphatic heterocycles. The van der Waals surface area contributed by atoms with Crippen LogP contribution in [-0.4, -0.2) is 21.5 Å². The smallest absolute Gasteiger partial charge is 0.150 e. The number of H-pyrrole nitrogens is 1. The average molecular weight is 197 g/mol. The van der Waals surface area contributed by atoms with Crippen molar-refractivity contribution in [3.8, 4) is 0 Å². The number of fused-ring (bicyclic) bond motifs is 3. The Hall–Kier alpha value is -2.23. The molecule has 0 saturated heterocycles. The maximum Gasteiger partial charge on any atom is 0.150 e. The van der Waals surface area contributed by atoms with Gasteiger partial charge in [0.15, 0.2) is 0 Å². The van der Waals surface area contributed by atoms with E-state index in [-0.39, 0.29) is 0 Å². The molecule has 3 rings (SSSR count). The van der Waals surface area contributed by atoms with Crippen LogP contribution in [-0.2, 0) is 0 Å². The topological polar surface area (TPSA) is 58.6 Å². The fraction of sp³-hybridized carbons (Fsp3) is 0. The zero-order valence-electron chi connectivity index (χ0n) is 7.77. The molecule has 0 fully saturated rings. The highest BCUT2D eigenvalue weighted by molar-refractivity contribution is 6.04. The lowest BCUT2D eigenvalue weighted by atomic mass is 10.1. The van der Waals surface area contributed by atoms with E-state index >= 15 is 0 Å². The highest BCUT2D eigenvalue weighted by atomic mass is 16.1. The third kappa shape index (κ3) is 1.11. The van der Waals surface area contributed by atoms with Crippen molar-refractivity contribution in [1.29, 1.82) is 0 Å². The van der Waals surface area contributed by atoms with Crippen molar-refractivity contribution < 1.29 is 4.79 Å². The predicted octanol–water partition coefficient (Wildman–Crippen LogP) is 1.92. The van der Waals surface area contributed by atoms with Gasteiger partial charge >= 0.3 is 0 Å². The van der Waals surface area contributed by atoms with E-state index in [0.717, 1.165) is 28.1 Å². The Bertz CT molecular complexity index is 657. The van der Waals surface area contributed by atoms with Crippen molar-refractivity contribution in [2.45, 2.75) is 0 Å². The summed E-state index contributed by atoms with van der Waals surface area (Å²) in [5.41, 5.74) is 2.40. The molecule has 1 N–H and O–H groups in total. The van der Waals surface area contributed by atoms with Gasteiger partial charge in [-0.2, -0.15) is 5.10 Å². The fourth-order valence-corrected chi connectivity index (χ4v) is 1.70. The van der Waals surface area contributed by atoms with Crippen LogP contribution in [0.5, 0.6) is 0 Å². The molecule has 0 unspecified atom stereocenters. The standard InChI is InChI=1S/C11H7N3O/c15-6-7-1-2-9-8(3-7)4-12-10-5-13-14-11(9)10/h1-6H,(H,13,14). The zero-order chi connectivity index (χ0) is 10.3. The normalized spacial score (nSPS) is 10.9. The Labute approximate surface area is 84.9 Å². The number of rotatable bonds is 1. The molecule has 15 heavy (non-hydrogen) atoms. The molecular weight excluding hydrogens is 190 g/mol. The van der Waals surface area contributed by atoms with Gasteiger partial charge in [0.05, 0.1) is 11.7 Å². The lowest BCUT2D eigenvalue weighted by Crippen LogP contribution is -1.83.